The molecule has 1 N–H and O–H groups in total. The maximum absolute atomic E-state index is 13.7. The van der Waals surface area contributed by atoms with Crippen LogP contribution < -0.4 is 14.4 Å². The van der Waals surface area contributed by atoms with Crippen LogP contribution in [0.5, 0.6) is 11.5 Å². The van der Waals surface area contributed by atoms with Crippen LogP contribution in [0.25, 0.3) is 0 Å². The molecule has 0 spiro atoms. The number of para-hydroxylation sites is 1. The van der Waals surface area contributed by atoms with Crippen molar-refractivity contribution in [3.63, 3.8) is 0 Å². The average Bonchev–Trinajstić information content (AvgIpc) is 2.92. The molecule has 0 aliphatic rings. The quantitative estimate of drug-likeness (QED) is 0.275. The summed E-state index contributed by atoms with van der Waals surface area (Å²) < 4.78 is 57.8. The first-order valence-electron chi connectivity index (χ1n) is 12.5. The number of sulfonamides is 1. The molecule has 4 aromatic rings. The average molecular weight is 579 g/mol. The summed E-state index contributed by atoms with van der Waals surface area (Å²) in [5.74, 6) is 0.621. The number of nitrogens with one attached hydrogen (secondary N) is 1. The highest BCUT2D eigenvalue weighted by molar-refractivity contribution is 7.93. The van der Waals surface area contributed by atoms with Crippen LogP contribution in [0.2, 0.25) is 0 Å². The van der Waals surface area contributed by atoms with E-state index in [2.05, 4.69) is 5.32 Å². The molecule has 40 heavy (non-hydrogen) atoms. The molecule has 1 atom stereocenters. The molecule has 10 heteroatoms. The van der Waals surface area contributed by atoms with E-state index in [1.165, 1.54) is 24.3 Å². The van der Waals surface area contributed by atoms with E-state index in [9.17, 15) is 21.6 Å². The predicted octanol–water partition coefficient (Wildman–Crippen LogP) is 5.26. The first-order valence-corrected chi connectivity index (χ1v) is 15.8. The van der Waals surface area contributed by atoms with Gasteiger partial charge < -0.3 is 10.1 Å². The molecule has 8 nitrogen and oxygen atoms in total. The molecule has 0 aliphatic carbocycles. The lowest BCUT2D eigenvalue weighted by molar-refractivity contribution is -0.120. The van der Waals surface area contributed by atoms with Gasteiger partial charge in [0.2, 0.25) is 5.91 Å². The Morgan fingerprint density at radius 3 is 1.90 bits per heavy atom. The Morgan fingerprint density at radius 1 is 0.775 bits per heavy atom. The predicted molar refractivity (Wildman–Crippen MR) is 155 cm³/mol. The molecule has 4 rings (SSSR count). The van der Waals surface area contributed by atoms with Crippen molar-refractivity contribution >= 4 is 31.5 Å². The number of aryl methyl sites for hydroxylation is 1. The number of hydrogen-bond acceptors (Lipinski definition) is 6. The summed E-state index contributed by atoms with van der Waals surface area (Å²) in [6.45, 7) is 3.12. The number of rotatable bonds is 10. The fraction of sp³-hybridized carbons (Fsp3) is 0.167. The zero-order valence-electron chi connectivity index (χ0n) is 22.3. The van der Waals surface area contributed by atoms with E-state index in [1.54, 1.807) is 55.5 Å². The number of carbonyl (C=O) groups excluding carboxylic acids is 1. The third kappa shape index (κ3) is 7.08. The topological polar surface area (TPSA) is 110 Å². The Balaban J connectivity index is 1.58. The molecule has 1 amide bonds. The van der Waals surface area contributed by atoms with Gasteiger partial charge in [-0.15, -0.1) is 0 Å². The first kappa shape index (κ1) is 28.8. The van der Waals surface area contributed by atoms with Crippen molar-refractivity contribution in [2.45, 2.75) is 29.7 Å². The van der Waals surface area contributed by atoms with E-state index in [4.69, 9.17) is 4.74 Å². The highest BCUT2D eigenvalue weighted by atomic mass is 32.2. The molecule has 0 radical (unpaired) electrons. The van der Waals surface area contributed by atoms with Gasteiger partial charge in [-0.2, -0.15) is 0 Å². The van der Waals surface area contributed by atoms with Crippen LogP contribution in [-0.2, 0) is 24.7 Å². The van der Waals surface area contributed by atoms with Gasteiger partial charge >= 0.3 is 0 Å². The number of anilines is 1. The van der Waals surface area contributed by atoms with Crippen molar-refractivity contribution in [3.8, 4) is 11.5 Å². The number of ether oxygens (including phenoxy) is 1. The minimum atomic E-state index is -4.10. The van der Waals surface area contributed by atoms with E-state index >= 15 is 0 Å². The molecule has 0 fully saturated rings. The number of benzene rings is 4. The minimum Gasteiger partial charge on any atom is -0.457 e. The van der Waals surface area contributed by atoms with Gasteiger partial charge in [-0.25, -0.2) is 16.8 Å². The molecule has 0 bridgehead atoms. The second-order valence-electron chi connectivity index (χ2n) is 9.36. The highest BCUT2D eigenvalue weighted by Crippen LogP contribution is 2.28. The highest BCUT2D eigenvalue weighted by Gasteiger charge is 2.28. The van der Waals surface area contributed by atoms with E-state index in [0.29, 0.717) is 22.7 Å². The summed E-state index contributed by atoms with van der Waals surface area (Å²) in [7, 11) is -7.45. The van der Waals surface area contributed by atoms with Crippen LogP contribution in [0, 0.1) is 6.92 Å². The van der Waals surface area contributed by atoms with Crippen LogP contribution in [0.3, 0.4) is 0 Å². The van der Waals surface area contributed by atoms with Gasteiger partial charge in [-0.1, -0.05) is 48.0 Å². The van der Waals surface area contributed by atoms with Crippen LogP contribution in [0.4, 0.5) is 5.69 Å². The van der Waals surface area contributed by atoms with Gasteiger partial charge in [-0.3, -0.25) is 9.10 Å². The van der Waals surface area contributed by atoms with Crippen LogP contribution in [0.15, 0.2) is 113 Å². The second kappa shape index (κ2) is 11.9. The largest absolute Gasteiger partial charge is 0.457 e. The summed E-state index contributed by atoms with van der Waals surface area (Å²) in [4.78, 5) is 13.4. The first-order chi connectivity index (χ1) is 18.9. The molecule has 208 valence electrons. The lowest BCUT2D eigenvalue weighted by atomic mass is 10.1. The summed E-state index contributed by atoms with van der Waals surface area (Å²) in [6, 6.07) is 27.7. The normalized spacial score (nSPS) is 12.4. The van der Waals surface area contributed by atoms with Gasteiger partial charge in [0.1, 0.15) is 18.0 Å². The van der Waals surface area contributed by atoms with Gasteiger partial charge in [0.15, 0.2) is 9.84 Å². The fourth-order valence-electron chi connectivity index (χ4n) is 3.96. The summed E-state index contributed by atoms with van der Waals surface area (Å²) in [5.41, 5.74) is 1.87. The van der Waals surface area contributed by atoms with Crippen molar-refractivity contribution in [2.24, 2.45) is 0 Å². The molecule has 0 aromatic heterocycles. The Hall–Kier alpha value is -4.15. The van der Waals surface area contributed by atoms with Gasteiger partial charge in [0.25, 0.3) is 10.0 Å². The van der Waals surface area contributed by atoms with Crippen LogP contribution in [0.1, 0.15) is 24.1 Å². The zero-order chi connectivity index (χ0) is 28.9. The smallest absolute Gasteiger partial charge is 0.264 e. The van der Waals surface area contributed by atoms with Crippen molar-refractivity contribution in [2.75, 3.05) is 17.1 Å². The lowest BCUT2D eigenvalue weighted by Gasteiger charge is -2.25. The van der Waals surface area contributed by atoms with Gasteiger partial charge in [0.05, 0.1) is 21.5 Å². The number of amides is 1. The third-order valence-electron chi connectivity index (χ3n) is 6.19. The molecule has 0 heterocycles. The maximum atomic E-state index is 13.7. The lowest BCUT2D eigenvalue weighted by Crippen LogP contribution is -2.41. The maximum Gasteiger partial charge on any atom is 0.264 e. The van der Waals surface area contributed by atoms with E-state index in [-0.39, 0.29) is 9.79 Å². The molecular weight excluding hydrogens is 548 g/mol. The Bertz CT molecular complexity index is 1670. The molecule has 1 unspecified atom stereocenters. The van der Waals surface area contributed by atoms with E-state index in [1.807, 2.05) is 37.3 Å². The minimum absolute atomic E-state index is 0.0555. The number of nitrogens with zero attached hydrogens (tertiary/aromatic N) is 1. The Labute approximate surface area is 235 Å². The van der Waals surface area contributed by atoms with Crippen molar-refractivity contribution < 1.29 is 26.4 Å². The van der Waals surface area contributed by atoms with Crippen LogP contribution >= 0.6 is 0 Å². The monoisotopic (exact) mass is 578 g/mol. The van der Waals surface area contributed by atoms with Crippen molar-refractivity contribution in [1.82, 2.24) is 5.32 Å². The molecule has 4 aromatic carbocycles. The van der Waals surface area contributed by atoms with Crippen molar-refractivity contribution in [1.29, 1.82) is 0 Å². The number of hydrogen-bond donors (Lipinski definition) is 1. The molecule has 0 saturated carbocycles. The summed E-state index contributed by atoms with van der Waals surface area (Å²) in [5, 5.41) is 2.81. The number of carbonyl (C=O) groups is 1. The SMILES string of the molecule is Cc1ccc(S(=O)(=O)N(CC(=O)NC(C)c2ccc(S(C)(=O)=O)cc2)c2ccc(Oc3ccccc3)cc2)cc1. The number of sulfone groups is 1. The molecule has 0 saturated heterocycles. The van der Waals surface area contributed by atoms with Crippen LogP contribution in [-0.4, -0.2) is 35.5 Å². The standard InChI is InChI=1S/C30H30N2O6S2/c1-22-9-17-29(18-10-22)40(36,37)32(25-13-15-27(16-14-25)38-26-7-5-4-6-8-26)21-30(33)31-23(2)24-11-19-28(20-12-24)39(3,34)35/h4-20,23H,21H2,1-3H3,(H,31,33). The van der Waals surface area contributed by atoms with Gasteiger partial charge in [-0.05, 0) is 80.1 Å². The summed E-state index contributed by atoms with van der Waals surface area (Å²) >= 11 is 0. The second-order valence-corrected chi connectivity index (χ2v) is 13.2. The van der Waals surface area contributed by atoms with Crippen molar-refractivity contribution in [3.05, 3.63) is 114 Å². The van der Waals surface area contributed by atoms with Gasteiger partial charge in [0, 0.05) is 6.26 Å². The Kier molecular flexibility index (Phi) is 8.61. The molecule has 0 aliphatic heterocycles. The molecular formula is C30H30N2O6S2. The van der Waals surface area contributed by atoms with E-state index < -0.39 is 38.4 Å². The van der Waals surface area contributed by atoms with E-state index in [0.717, 1.165) is 16.1 Å². The third-order valence-corrected chi connectivity index (χ3v) is 9.10. The fourth-order valence-corrected chi connectivity index (χ4v) is 6.01. The summed E-state index contributed by atoms with van der Waals surface area (Å²) in [6.07, 6.45) is 1.12. The Morgan fingerprint density at radius 2 is 1.32 bits per heavy atom. The zero-order valence-corrected chi connectivity index (χ0v) is 23.9.